The molecular weight excluding hydrogens is 258 g/mol. The number of hydrogen-bond acceptors (Lipinski definition) is 4. The molecule has 1 heterocycles. The Morgan fingerprint density at radius 1 is 1.35 bits per heavy atom. The molecule has 0 fully saturated rings. The SMILES string of the molecule is C/C=C/c1cc(NC(=O)OC(C)(C)C)c2c(c1)OCO2. The molecular formula is C15H19NO4. The van der Waals surface area contributed by atoms with E-state index in [4.69, 9.17) is 14.2 Å². The summed E-state index contributed by atoms with van der Waals surface area (Å²) in [6.45, 7) is 7.51. The molecule has 5 nitrogen and oxygen atoms in total. The fourth-order valence-electron chi connectivity index (χ4n) is 1.83. The van der Waals surface area contributed by atoms with Crippen molar-refractivity contribution in [3.63, 3.8) is 0 Å². The lowest BCUT2D eigenvalue weighted by Crippen LogP contribution is -2.27. The number of rotatable bonds is 2. The molecule has 0 unspecified atom stereocenters. The van der Waals surface area contributed by atoms with E-state index in [1.807, 2.05) is 52.0 Å². The van der Waals surface area contributed by atoms with E-state index in [0.29, 0.717) is 17.2 Å². The molecule has 2 rings (SSSR count). The van der Waals surface area contributed by atoms with Crippen LogP contribution in [0, 0.1) is 0 Å². The summed E-state index contributed by atoms with van der Waals surface area (Å²) < 4.78 is 16.0. The molecule has 20 heavy (non-hydrogen) atoms. The van der Waals surface area contributed by atoms with Gasteiger partial charge in [-0.2, -0.15) is 0 Å². The van der Waals surface area contributed by atoms with Gasteiger partial charge in [0.2, 0.25) is 6.79 Å². The summed E-state index contributed by atoms with van der Waals surface area (Å²) in [4.78, 5) is 11.8. The lowest BCUT2D eigenvalue weighted by atomic mass is 10.1. The Bertz CT molecular complexity index is 544. The summed E-state index contributed by atoms with van der Waals surface area (Å²) in [5, 5.41) is 2.70. The largest absolute Gasteiger partial charge is 0.453 e. The maximum Gasteiger partial charge on any atom is 0.412 e. The molecule has 0 atom stereocenters. The Morgan fingerprint density at radius 3 is 2.75 bits per heavy atom. The molecule has 0 aromatic heterocycles. The topological polar surface area (TPSA) is 56.8 Å². The van der Waals surface area contributed by atoms with E-state index in [0.717, 1.165) is 5.56 Å². The van der Waals surface area contributed by atoms with Crippen LogP contribution in [-0.2, 0) is 4.74 Å². The Hall–Kier alpha value is -2.17. The van der Waals surface area contributed by atoms with Gasteiger partial charge in [0.15, 0.2) is 11.5 Å². The first-order chi connectivity index (χ1) is 9.39. The number of amides is 1. The molecule has 1 amide bonds. The number of anilines is 1. The van der Waals surface area contributed by atoms with Crippen LogP contribution >= 0.6 is 0 Å². The van der Waals surface area contributed by atoms with Gasteiger partial charge in [0.05, 0.1) is 5.69 Å². The highest BCUT2D eigenvalue weighted by atomic mass is 16.7. The van der Waals surface area contributed by atoms with Crippen LogP contribution in [0.25, 0.3) is 6.08 Å². The first-order valence-corrected chi connectivity index (χ1v) is 6.45. The van der Waals surface area contributed by atoms with Crippen LogP contribution in [0.4, 0.5) is 10.5 Å². The lowest BCUT2D eigenvalue weighted by molar-refractivity contribution is 0.0635. The predicted molar refractivity (Wildman–Crippen MR) is 77.1 cm³/mol. The average Bonchev–Trinajstić information content (AvgIpc) is 2.74. The molecule has 0 aliphatic carbocycles. The van der Waals surface area contributed by atoms with Crippen molar-refractivity contribution in [2.24, 2.45) is 0 Å². The third-order valence-corrected chi connectivity index (χ3v) is 2.49. The molecule has 0 radical (unpaired) electrons. The number of nitrogens with one attached hydrogen (secondary N) is 1. The number of fused-ring (bicyclic) bond motifs is 1. The number of benzene rings is 1. The Balaban J connectivity index is 2.24. The van der Waals surface area contributed by atoms with Crippen molar-refractivity contribution in [2.45, 2.75) is 33.3 Å². The van der Waals surface area contributed by atoms with E-state index < -0.39 is 11.7 Å². The van der Waals surface area contributed by atoms with E-state index in [1.165, 1.54) is 0 Å². The van der Waals surface area contributed by atoms with Crippen molar-refractivity contribution in [3.05, 3.63) is 23.8 Å². The van der Waals surface area contributed by atoms with E-state index in [2.05, 4.69) is 5.32 Å². The van der Waals surface area contributed by atoms with Crippen molar-refractivity contribution in [2.75, 3.05) is 12.1 Å². The van der Waals surface area contributed by atoms with Gasteiger partial charge in [-0.15, -0.1) is 0 Å². The number of carbonyl (C=O) groups excluding carboxylic acids is 1. The summed E-state index contributed by atoms with van der Waals surface area (Å²) in [6.07, 6.45) is 3.31. The maximum atomic E-state index is 11.8. The van der Waals surface area contributed by atoms with Crippen LogP contribution in [-0.4, -0.2) is 18.5 Å². The standard InChI is InChI=1S/C15H19NO4/c1-5-6-10-7-11(13-12(8-10)18-9-19-13)16-14(17)20-15(2,3)4/h5-8H,9H2,1-4H3,(H,16,17)/b6-5+. The smallest absolute Gasteiger partial charge is 0.412 e. The van der Waals surface area contributed by atoms with Crippen LogP contribution in [0.15, 0.2) is 18.2 Å². The highest BCUT2D eigenvalue weighted by Crippen LogP contribution is 2.40. The van der Waals surface area contributed by atoms with Gasteiger partial charge in [0.25, 0.3) is 0 Å². The minimum Gasteiger partial charge on any atom is -0.453 e. The van der Waals surface area contributed by atoms with Gasteiger partial charge < -0.3 is 14.2 Å². The molecule has 1 aliphatic rings. The first kappa shape index (κ1) is 14.2. The molecule has 0 spiro atoms. The molecule has 108 valence electrons. The fraction of sp³-hybridized carbons (Fsp3) is 0.400. The molecule has 5 heteroatoms. The first-order valence-electron chi connectivity index (χ1n) is 6.45. The zero-order valence-corrected chi connectivity index (χ0v) is 12.1. The Kier molecular flexibility index (Phi) is 3.88. The van der Waals surface area contributed by atoms with Gasteiger partial charge >= 0.3 is 6.09 Å². The van der Waals surface area contributed by atoms with Crippen molar-refractivity contribution < 1.29 is 19.0 Å². The third kappa shape index (κ3) is 3.44. The third-order valence-electron chi connectivity index (χ3n) is 2.49. The predicted octanol–water partition coefficient (Wildman–Crippen LogP) is 3.80. The second kappa shape index (κ2) is 5.45. The van der Waals surface area contributed by atoms with Crippen molar-refractivity contribution in [1.82, 2.24) is 0 Å². The highest BCUT2D eigenvalue weighted by molar-refractivity contribution is 5.89. The van der Waals surface area contributed by atoms with E-state index in [1.54, 1.807) is 0 Å². The zero-order chi connectivity index (χ0) is 14.8. The summed E-state index contributed by atoms with van der Waals surface area (Å²) in [5.74, 6) is 1.15. The highest BCUT2D eigenvalue weighted by Gasteiger charge is 2.22. The summed E-state index contributed by atoms with van der Waals surface area (Å²) in [6, 6.07) is 3.68. The average molecular weight is 277 g/mol. The Morgan fingerprint density at radius 2 is 2.10 bits per heavy atom. The summed E-state index contributed by atoms with van der Waals surface area (Å²) >= 11 is 0. The quantitative estimate of drug-likeness (QED) is 0.893. The van der Waals surface area contributed by atoms with E-state index >= 15 is 0 Å². The van der Waals surface area contributed by atoms with Crippen molar-refractivity contribution in [1.29, 1.82) is 0 Å². The molecule has 0 bridgehead atoms. The summed E-state index contributed by atoms with van der Waals surface area (Å²) in [7, 11) is 0. The monoisotopic (exact) mass is 277 g/mol. The molecule has 1 aliphatic heterocycles. The van der Waals surface area contributed by atoms with Crippen molar-refractivity contribution in [3.8, 4) is 11.5 Å². The van der Waals surface area contributed by atoms with Crippen molar-refractivity contribution >= 4 is 17.9 Å². The van der Waals surface area contributed by atoms with Gasteiger partial charge in [-0.05, 0) is 45.4 Å². The minimum atomic E-state index is -0.550. The van der Waals surface area contributed by atoms with Crippen LogP contribution in [0.2, 0.25) is 0 Å². The summed E-state index contributed by atoms with van der Waals surface area (Å²) in [5.41, 5.74) is 0.913. The molecule has 0 saturated carbocycles. The van der Waals surface area contributed by atoms with Gasteiger partial charge in [0.1, 0.15) is 5.60 Å². The molecule has 1 aromatic carbocycles. The molecule has 1 aromatic rings. The minimum absolute atomic E-state index is 0.150. The second-order valence-electron chi connectivity index (χ2n) is 5.43. The Labute approximate surface area is 118 Å². The number of allylic oxidation sites excluding steroid dienone is 1. The molecule has 1 N–H and O–H groups in total. The van der Waals surface area contributed by atoms with Gasteiger partial charge in [-0.3, -0.25) is 5.32 Å². The maximum absolute atomic E-state index is 11.8. The molecule has 0 saturated heterocycles. The fourth-order valence-corrected chi connectivity index (χ4v) is 1.83. The van der Waals surface area contributed by atoms with E-state index in [-0.39, 0.29) is 6.79 Å². The number of carbonyl (C=O) groups is 1. The van der Waals surface area contributed by atoms with Crippen LogP contribution in [0.1, 0.15) is 33.3 Å². The zero-order valence-electron chi connectivity index (χ0n) is 12.1. The van der Waals surface area contributed by atoms with Crippen LogP contribution in [0.3, 0.4) is 0 Å². The van der Waals surface area contributed by atoms with Gasteiger partial charge in [-0.1, -0.05) is 12.2 Å². The van der Waals surface area contributed by atoms with Gasteiger partial charge in [0, 0.05) is 0 Å². The number of hydrogen-bond donors (Lipinski definition) is 1. The lowest BCUT2D eigenvalue weighted by Gasteiger charge is -2.20. The number of ether oxygens (including phenoxy) is 3. The van der Waals surface area contributed by atoms with Crippen LogP contribution < -0.4 is 14.8 Å². The second-order valence-corrected chi connectivity index (χ2v) is 5.43. The van der Waals surface area contributed by atoms with E-state index in [9.17, 15) is 4.79 Å². The van der Waals surface area contributed by atoms with Gasteiger partial charge in [-0.25, -0.2) is 4.79 Å². The van der Waals surface area contributed by atoms with Crippen LogP contribution in [0.5, 0.6) is 11.5 Å². The normalized spacial score (nSPS) is 13.6.